The molecule has 106 valence electrons. The highest BCUT2D eigenvalue weighted by atomic mass is 35.5. The van der Waals surface area contributed by atoms with Crippen molar-refractivity contribution in [1.82, 2.24) is 0 Å². The molecule has 0 bridgehead atoms. The van der Waals surface area contributed by atoms with E-state index in [2.05, 4.69) is 0 Å². The van der Waals surface area contributed by atoms with Gasteiger partial charge in [-0.15, -0.1) is 0 Å². The van der Waals surface area contributed by atoms with E-state index in [4.69, 9.17) is 16.3 Å². The van der Waals surface area contributed by atoms with E-state index < -0.39 is 6.10 Å². The molecule has 0 fully saturated rings. The quantitative estimate of drug-likeness (QED) is 0.868. The summed E-state index contributed by atoms with van der Waals surface area (Å²) in [5, 5.41) is 10.2. The molecule has 1 N–H and O–H groups in total. The second-order valence-corrected chi connectivity index (χ2v) is 5.26. The number of hydrogen-bond donors (Lipinski definition) is 1. The molecule has 1 unspecified atom stereocenters. The zero-order valence-corrected chi connectivity index (χ0v) is 12.3. The topological polar surface area (TPSA) is 29.5 Å². The summed E-state index contributed by atoms with van der Waals surface area (Å²) in [7, 11) is 0. The van der Waals surface area contributed by atoms with Crippen LogP contribution in [0.4, 0.5) is 4.39 Å². The third kappa shape index (κ3) is 3.11. The van der Waals surface area contributed by atoms with Gasteiger partial charge < -0.3 is 9.84 Å². The van der Waals surface area contributed by atoms with Crippen molar-refractivity contribution in [3.8, 4) is 11.5 Å². The maximum Gasteiger partial charge on any atom is 0.146 e. The lowest BCUT2D eigenvalue weighted by atomic mass is 10.1. The van der Waals surface area contributed by atoms with Crippen molar-refractivity contribution >= 4 is 11.6 Å². The molecular formula is C16H16ClFO2. The second kappa shape index (κ2) is 5.81. The first-order valence-electron chi connectivity index (χ1n) is 6.30. The van der Waals surface area contributed by atoms with Crippen LogP contribution in [0.25, 0.3) is 0 Å². The normalized spacial score (nSPS) is 12.3. The van der Waals surface area contributed by atoms with Crippen molar-refractivity contribution in [3.63, 3.8) is 0 Å². The van der Waals surface area contributed by atoms with E-state index in [1.165, 1.54) is 6.07 Å². The average Bonchev–Trinajstić information content (AvgIpc) is 2.37. The third-order valence-corrected chi connectivity index (χ3v) is 3.36. The van der Waals surface area contributed by atoms with Crippen LogP contribution in [-0.4, -0.2) is 5.11 Å². The molecule has 0 saturated heterocycles. The van der Waals surface area contributed by atoms with Crippen molar-refractivity contribution in [3.05, 3.63) is 57.9 Å². The highest BCUT2D eigenvalue weighted by Crippen LogP contribution is 2.35. The fourth-order valence-corrected chi connectivity index (χ4v) is 2.05. The molecule has 2 aromatic rings. The predicted octanol–water partition coefficient (Wildman–Crippen LogP) is 4.94. The minimum absolute atomic E-state index is 0.372. The lowest BCUT2D eigenvalue weighted by Gasteiger charge is -2.15. The molecule has 2 aromatic carbocycles. The van der Waals surface area contributed by atoms with Crippen molar-refractivity contribution in [2.45, 2.75) is 26.9 Å². The van der Waals surface area contributed by atoms with Gasteiger partial charge in [0.2, 0.25) is 0 Å². The number of ether oxygens (including phenoxy) is 1. The summed E-state index contributed by atoms with van der Waals surface area (Å²) in [5.41, 5.74) is 1.85. The highest BCUT2D eigenvalue weighted by Gasteiger charge is 2.15. The van der Waals surface area contributed by atoms with Gasteiger partial charge >= 0.3 is 0 Å². The van der Waals surface area contributed by atoms with E-state index in [-0.39, 0.29) is 5.82 Å². The number of aliphatic hydroxyl groups is 1. The Morgan fingerprint density at radius 3 is 2.50 bits per heavy atom. The summed E-state index contributed by atoms with van der Waals surface area (Å²) in [6, 6.07) is 8.27. The summed E-state index contributed by atoms with van der Waals surface area (Å²) >= 11 is 6.09. The van der Waals surface area contributed by atoms with Gasteiger partial charge in [-0.05, 0) is 56.2 Å². The summed E-state index contributed by atoms with van der Waals surface area (Å²) < 4.78 is 19.4. The lowest BCUT2D eigenvalue weighted by Crippen LogP contribution is -1.99. The molecule has 4 heteroatoms. The number of halogens is 2. The SMILES string of the molecule is Cc1ccc(Cl)c(Oc2cc(C)c(F)cc2C(C)O)c1. The molecule has 0 spiro atoms. The average molecular weight is 295 g/mol. The van der Waals surface area contributed by atoms with Gasteiger partial charge in [0.05, 0.1) is 11.1 Å². The summed E-state index contributed by atoms with van der Waals surface area (Å²) in [6.45, 7) is 5.13. The number of hydrogen-bond acceptors (Lipinski definition) is 2. The minimum Gasteiger partial charge on any atom is -0.455 e. The lowest BCUT2D eigenvalue weighted by molar-refractivity contribution is 0.195. The van der Waals surface area contributed by atoms with Crippen molar-refractivity contribution in [2.75, 3.05) is 0 Å². The van der Waals surface area contributed by atoms with Crippen molar-refractivity contribution in [2.24, 2.45) is 0 Å². The van der Waals surface area contributed by atoms with E-state index in [0.29, 0.717) is 27.6 Å². The third-order valence-electron chi connectivity index (χ3n) is 3.05. The Balaban J connectivity index is 2.47. The Morgan fingerprint density at radius 2 is 1.85 bits per heavy atom. The molecule has 0 heterocycles. The van der Waals surface area contributed by atoms with Gasteiger partial charge in [0.25, 0.3) is 0 Å². The van der Waals surface area contributed by atoms with Crippen LogP contribution in [0.3, 0.4) is 0 Å². The number of benzene rings is 2. The first kappa shape index (κ1) is 14.8. The van der Waals surface area contributed by atoms with E-state index >= 15 is 0 Å². The minimum atomic E-state index is -0.830. The highest BCUT2D eigenvalue weighted by molar-refractivity contribution is 6.32. The Bertz CT molecular complexity index is 639. The van der Waals surface area contributed by atoms with E-state index in [9.17, 15) is 9.50 Å². The van der Waals surface area contributed by atoms with Gasteiger partial charge in [0, 0.05) is 5.56 Å². The van der Waals surface area contributed by atoms with Crippen LogP contribution in [0.2, 0.25) is 5.02 Å². The van der Waals surface area contributed by atoms with Crippen LogP contribution in [0.1, 0.15) is 29.7 Å². The molecule has 0 aliphatic carbocycles. The Kier molecular flexibility index (Phi) is 4.31. The maximum absolute atomic E-state index is 13.6. The molecule has 0 radical (unpaired) electrons. The summed E-state index contributed by atoms with van der Waals surface area (Å²) in [4.78, 5) is 0. The maximum atomic E-state index is 13.6. The van der Waals surface area contributed by atoms with Gasteiger partial charge in [0.1, 0.15) is 17.3 Å². The van der Waals surface area contributed by atoms with Gasteiger partial charge in [-0.3, -0.25) is 0 Å². The molecule has 2 nitrogen and oxygen atoms in total. The van der Waals surface area contributed by atoms with Gasteiger partial charge in [-0.1, -0.05) is 17.7 Å². The number of aliphatic hydroxyl groups excluding tert-OH is 1. The molecule has 20 heavy (non-hydrogen) atoms. The Morgan fingerprint density at radius 1 is 1.15 bits per heavy atom. The first-order valence-corrected chi connectivity index (χ1v) is 6.68. The van der Waals surface area contributed by atoms with E-state index in [1.54, 1.807) is 32.0 Å². The van der Waals surface area contributed by atoms with Gasteiger partial charge in [-0.2, -0.15) is 0 Å². The summed E-state index contributed by atoms with van der Waals surface area (Å²) in [5.74, 6) is 0.523. The van der Waals surface area contributed by atoms with Crippen LogP contribution in [0, 0.1) is 19.7 Å². The molecular weight excluding hydrogens is 279 g/mol. The molecule has 0 aliphatic rings. The van der Waals surface area contributed by atoms with Crippen LogP contribution >= 0.6 is 11.6 Å². The monoisotopic (exact) mass is 294 g/mol. The van der Waals surface area contributed by atoms with Crippen molar-refractivity contribution < 1.29 is 14.2 Å². The molecule has 0 aliphatic heterocycles. The zero-order valence-electron chi connectivity index (χ0n) is 11.6. The fraction of sp³-hybridized carbons (Fsp3) is 0.250. The zero-order chi connectivity index (χ0) is 14.9. The second-order valence-electron chi connectivity index (χ2n) is 4.85. The van der Waals surface area contributed by atoms with Crippen LogP contribution < -0.4 is 4.74 Å². The molecule has 0 saturated carbocycles. The molecule has 0 aromatic heterocycles. The van der Waals surface area contributed by atoms with Crippen LogP contribution in [0.5, 0.6) is 11.5 Å². The van der Waals surface area contributed by atoms with Crippen LogP contribution in [-0.2, 0) is 0 Å². The fourth-order valence-electron chi connectivity index (χ4n) is 1.89. The number of aryl methyl sites for hydroxylation is 2. The first-order chi connectivity index (χ1) is 9.38. The Hall–Kier alpha value is -1.58. The van der Waals surface area contributed by atoms with E-state index in [1.807, 2.05) is 13.0 Å². The van der Waals surface area contributed by atoms with Gasteiger partial charge in [-0.25, -0.2) is 4.39 Å². The number of rotatable bonds is 3. The van der Waals surface area contributed by atoms with E-state index in [0.717, 1.165) is 5.56 Å². The largest absolute Gasteiger partial charge is 0.455 e. The van der Waals surface area contributed by atoms with Crippen LogP contribution in [0.15, 0.2) is 30.3 Å². The van der Waals surface area contributed by atoms with Crippen molar-refractivity contribution in [1.29, 1.82) is 0 Å². The summed E-state index contributed by atoms with van der Waals surface area (Å²) in [6.07, 6.45) is -0.830. The molecule has 1 atom stereocenters. The standard InChI is InChI=1S/C16H16ClFO2/c1-9-4-5-13(17)16(6-9)20-15-7-10(2)14(18)8-12(15)11(3)19/h4-8,11,19H,1-3H3. The molecule has 2 rings (SSSR count). The van der Waals surface area contributed by atoms with Gasteiger partial charge in [0.15, 0.2) is 0 Å². The molecule has 0 amide bonds. The Labute approximate surface area is 122 Å². The predicted molar refractivity (Wildman–Crippen MR) is 78.0 cm³/mol. The smallest absolute Gasteiger partial charge is 0.146 e.